The molecule has 0 unspecified atom stereocenters. The lowest BCUT2D eigenvalue weighted by Crippen LogP contribution is -1.89. The maximum absolute atomic E-state index is 3.38. The Balaban J connectivity index is 2.93. The summed E-state index contributed by atoms with van der Waals surface area (Å²) in [5.74, 6) is 0. The monoisotopic (exact) mass is 147 g/mol. The first-order valence-corrected chi connectivity index (χ1v) is 4.22. The van der Waals surface area contributed by atoms with Crippen LogP contribution < -0.4 is 0 Å². The van der Waals surface area contributed by atoms with E-state index < -0.39 is 0 Å². The fraction of sp³-hybridized carbons (Fsp3) is 0.455. The van der Waals surface area contributed by atoms with Crippen molar-refractivity contribution in [2.24, 2.45) is 0 Å². The van der Waals surface area contributed by atoms with Gasteiger partial charge in [-0.05, 0) is 0 Å². The number of hydrogen-bond acceptors (Lipinski definition) is 0. The van der Waals surface area contributed by atoms with Crippen molar-refractivity contribution in [2.75, 3.05) is 0 Å². The van der Waals surface area contributed by atoms with Gasteiger partial charge in [0.15, 0.2) is 0 Å². The normalized spacial score (nSPS) is 10.1. The molecule has 0 radical (unpaired) electrons. The molecule has 0 spiro atoms. The molecule has 0 aromatic heterocycles. The highest BCUT2D eigenvalue weighted by atomic mass is 14.0. The van der Waals surface area contributed by atoms with E-state index >= 15 is 0 Å². The molecule has 0 N–H and O–H groups in total. The summed E-state index contributed by atoms with van der Waals surface area (Å²) >= 11 is 0. The van der Waals surface area contributed by atoms with E-state index in [1.807, 2.05) is 0 Å². The minimum Gasteiger partial charge on any atom is -0.177 e. The minimum atomic E-state index is 1.16. The highest BCUT2D eigenvalue weighted by Gasteiger charge is 1.87. The van der Waals surface area contributed by atoms with Crippen LogP contribution in [0.3, 0.4) is 0 Å². The van der Waals surface area contributed by atoms with Crippen LogP contribution in [0.2, 0.25) is 0 Å². The van der Waals surface area contributed by atoms with E-state index in [2.05, 4.69) is 39.0 Å². The summed E-state index contributed by atoms with van der Waals surface area (Å²) in [4.78, 5) is 0. The molecule has 0 heterocycles. The van der Waals surface area contributed by atoms with Gasteiger partial charge in [0.25, 0.3) is 0 Å². The molecule has 0 nitrogen and oxygen atoms in total. The summed E-state index contributed by atoms with van der Waals surface area (Å²) < 4.78 is 0. The van der Waals surface area contributed by atoms with Gasteiger partial charge < -0.3 is 0 Å². The van der Waals surface area contributed by atoms with Gasteiger partial charge in [-0.1, -0.05) is 33.6 Å². The van der Waals surface area contributed by atoms with Crippen molar-refractivity contribution in [1.29, 1.82) is 0 Å². The Morgan fingerprint density at radius 1 is 1.27 bits per heavy atom. The van der Waals surface area contributed by atoms with E-state index in [9.17, 15) is 0 Å². The Hall–Kier alpha value is -0.780. The molecule has 1 aromatic rings. The Labute approximate surface area is 69.3 Å². The topological polar surface area (TPSA) is 0 Å². The third kappa shape index (κ3) is 2.07. The molecule has 0 aliphatic rings. The Kier molecular flexibility index (Phi) is 2.70. The summed E-state index contributed by atoms with van der Waals surface area (Å²) in [6.07, 6.45) is 2.37. The van der Waals surface area contributed by atoms with Crippen LogP contribution in [0.4, 0.5) is 0 Å². The zero-order valence-electron chi connectivity index (χ0n) is 7.57. The van der Waals surface area contributed by atoms with Gasteiger partial charge in [-0.2, -0.15) is 34.9 Å². The van der Waals surface area contributed by atoms with Crippen LogP contribution >= 0.6 is 0 Å². The summed E-state index contributed by atoms with van der Waals surface area (Å²) in [5.41, 5.74) is 4.00. The molecule has 1 rings (SSSR count). The van der Waals surface area contributed by atoms with E-state index in [4.69, 9.17) is 0 Å². The van der Waals surface area contributed by atoms with E-state index in [-0.39, 0.29) is 0 Å². The van der Waals surface area contributed by atoms with Crippen LogP contribution in [-0.4, -0.2) is 0 Å². The average Bonchev–Trinajstić information content (AvgIpc) is 1.98. The van der Waals surface area contributed by atoms with Gasteiger partial charge in [0.1, 0.15) is 0 Å². The molecule has 0 aliphatic heterocycles. The quantitative estimate of drug-likeness (QED) is 0.564. The van der Waals surface area contributed by atoms with Crippen molar-refractivity contribution in [3.8, 4) is 0 Å². The molecular weight excluding hydrogens is 132 g/mol. The first kappa shape index (κ1) is 8.32. The summed E-state index contributed by atoms with van der Waals surface area (Å²) in [7, 11) is 0. The van der Waals surface area contributed by atoms with Crippen molar-refractivity contribution in [1.82, 2.24) is 0 Å². The molecule has 0 saturated carbocycles. The largest absolute Gasteiger partial charge is 0.177 e. The Morgan fingerprint density at radius 3 is 2.64 bits per heavy atom. The van der Waals surface area contributed by atoms with E-state index in [1.165, 1.54) is 23.1 Å². The number of benzene rings is 1. The van der Waals surface area contributed by atoms with Crippen LogP contribution in [0.25, 0.3) is 0 Å². The molecule has 0 aliphatic carbocycles. The Morgan fingerprint density at radius 2 is 2.00 bits per heavy atom. The minimum absolute atomic E-state index is 1.16. The number of rotatable bonds is 2. The molecule has 0 heteroatoms. The first-order chi connectivity index (χ1) is 5.24. The van der Waals surface area contributed by atoms with Crippen molar-refractivity contribution < 1.29 is 0 Å². The van der Waals surface area contributed by atoms with Crippen molar-refractivity contribution in [3.63, 3.8) is 0 Å². The van der Waals surface area contributed by atoms with Crippen molar-refractivity contribution >= 4 is 0 Å². The van der Waals surface area contributed by atoms with Gasteiger partial charge in [-0.3, -0.25) is 0 Å². The third-order valence-corrected chi connectivity index (χ3v) is 1.91. The van der Waals surface area contributed by atoms with Gasteiger partial charge in [0.2, 0.25) is 0 Å². The molecular formula is C11H15-. The molecule has 1 aromatic carbocycles. The lowest BCUT2D eigenvalue weighted by atomic mass is 10.0. The summed E-state index contributed by atoms with van der Waals surface area (Å²) in [6, 6.07) is 7.67. The fourth-order valence-electron chi connectivity index (χ4n) is 1.24. The highest BCUT2D eigenvalue weighted by Crippen LogP contribution is 2.11. The molecule has 0 atom stereocenters. The third-order valence-electron chi connectivity index (χ3n) is 1.91. The summed E-state index contributed by atoms with van der Waals surface area (Å²) in [6.45, 7) is 6.45. The smallest absolute Gasteiger partial charge is 0.0509 e. The van der Waals surface area contributed by atoms with E-state index in [0.29, 0.717) is 0 Å². The lowest BCUT2D eigenvalue weighted by Gasteiger charge is -2.13. The molecule has 0 fully saturated rings. The van der Waals surface area contributed by atoms with E-state index in [0.717, 1.165) is 6.42 Å². The van der Waals surface area contributed by atoms with Crippen LogP contribution in [-0.2, 0) is 6.42 Å². The zero-order chi connectivity index (χ0) is 8.27. The van der Waals surface area contributed by atoms with Crippen molar-refractivity contribution in [3.05, 3.63) is 34.9 Å². The van der Waals surface area contributed by atoms with E-state index in [1.54, 1.807) is 0 Å². The van der Waals surface area contributed by atoms with Crippen molar-refractivity contribution in [2.45, 2.75) is 33.6 Å². The first-order valence-electron chi connectivity index (χ1n) is 4.22. The van der Waals surface area contributed by atoms with Crippen LogP contribution in [0.15, 0.2) is 12.1 Å². The maximum Gasteiger partial charge on any atom is -0.0509 e. The molecule has 60 valence electrons. The second-order valence-electron chi connectivity index (χ2n) is 3.05. The SMILES string of the molecule is CCCc1[c-]c(C)ccc1C. The molecule has 0 bridgehead atoms. The van der Waals surface area contributed by atoms with Crippen LogP contribution in [0, 0.1) is 19.9 Å². The number of aryl methyl sites for hydroxylation is 3. The van der Waals surface area contributed by atoms with Crippen LogP contribution in [0.1, 0.15) is 30.0 Å². The standard InChI is InChI=1S/C11H15/c1-4-5-11-8-9(2)6-7-10(11)3/h6-7H,4-5H2,1-3H3/q-1. The summed E-state index contributed by atoms with van der Waals surface area (Å²) in [5, 5.41) is 0. The molecule has 11 heavy (non-hydrogen) atoms. The number of hydrogen-bond donors (Lipinski definition) is 0. The zero-order valence-corrected chi connectivity index (χ0v) is 7.57. The molecule has 0 saturated heterocycles. The average molecular weight is 147 g/mol. The van der Waals surface area contributed by atoms with Gasteiger partial charge >= 0.3 is 0 Å². The second-order valence-corrected chi connectivity index (χ2v) is 3.05. The van der Waals surface area contributed by atoms with Gasteiger partial charge in [-0.25, -0.2) is 0 Å². The van der Waals surface area contributed by atoms with Gasteiger partial charge in [0.05, 0.1) is 0 Å². The predicted molar refractivity (Wildman–Crippen MR) is 48.7 cm³/mol. The lowest BCUT2D eigenvalue weighted by molar-refractivity contribution is 0.909. The maximum atomic E-state index is 3.38. The van der Waals surface area contributed by atoms with Crippen LogP contribution in [0.5, 0.6) is 0 Å². The molecule has 0 amide bonds. The Bertz CT molecular complexity index is 236. The fourth-order valence-corrected chi connectivity index (χ4v) is 1.24. The van der Waals surface area contributed by atoms with Gasteiger partial charge in [-0.15, -0.1) is 0 Å². The second kappa shape index (κ2) is 3.56. The highest BCUT2D eigenvalue weighted by molar-refractivity contribution is 5.28. The predicted octanol–water partition coefficient (Wildman–Crippen LogP) is 3.06. The van der Waals surface area contributed by atoms with Gasteiger partial charge in [0, 0.05) is 0 Å².